The SMILES string of the molecule is CN1CCN(C(=O)c2ccccc2C(=O)Nc2ccc3nc(SCC(=O)c4ccc(Cl)cc4)sc3c2)CC1. The Bertz CT molecular complexity index is 1500. The van der Waals surface area contributed by atoms with E-state index in [1.807, 2.05) is 19.2 Å². The van der Waals surface area contributed by atoms with Gasteiger partial charge in [0.1, 0.15) is 0 Å². The first-order valence-electron chi connectivity index (χ1n) is 12.1. The molecule has 5 rings (SSSR count). The molecule has 194 valence electrons. The number of hydrogen-bond acceptors (Lipinski definition) is 7. The predicted octanol–water partition coefficient (Wildman–Crippen LogP) is 5.56. The minimum atomic E-state index is -0.338. The van der Waals surface area contributed by atoms with E-state index in [9.17, 15) is 14.4 Å². The summed E-state index contributed by atoms with van der Waals surface area (Å²) >= 11 is 8.75. The van der Waals surface area contributed by atoms with Crippen LogP contribution in [0.15, 0.2) is 71.1 Å². The quantitative estimate of drug-likeness (QED) is 0.234. The highest BCUT2D eigenvalue weighted by Gasteiger charge is 2.24. The van der Waals surface area contributed by atoms with Crippen LogP contribution in [0.5, 0.6) is 0 Å². The van der Waals surface area contributed by atoms with Gasteiger partial charge < -0.3 is 15.1 Å². The lowest BCUT2D eigenvalue weighted by Gasteiger charge is -2.32. The fourth-order valence-corrected chi connectivity index (χ4v) is 6.26. The molecule has 0 atom stereocenters. The summed E-state index contributed by atoms with van der Waals surface area (Å²) in [5.74, 6) is -0.196. The van der Waals surface area contributed by atoms with Gasteiger partial charge in [-0.3, -0.25) is 14.4 Å². The molecule has 38 heavy (non-hydrogen) atoms. The molecule has 1 saturated heterocycles. The summed E-state index contributed by atoms with van der Waals surface area (Å²) in [5.41, 5.74) is 2.76. The molecule has 1 fully saturated rings. The highest BCUT2D eigenvalue weighted by atomic mass is 35.5. The second kappa shape index (κ2) is 11.7. The number of amides is 2. The second-order valence-corrected chi connectivity index (χ2v) is 11.7. The number of carbonyl (C=O) groups excluding carboxylic acids is 3. The lowest BCUT2D eigenvalue weighted by Crippen LogP contribution is -2.47. The zero-order valence-electron chi connectivity index (χ0n) is 20.6. The van der Waals surface area contributed by atoms with Gasteiger partial charge in [0.25, 0.3) is 11.8 Å². The average Bonchev–Trinajstić information content (AvgIpc) is 3.34. The number of fused-ring (bicyclic) bond motifs is 1. The van der Waals surface area contributed by atoms with Crippen LogP contribution in [0.1, 0.15) is 31.1 Å². The summed E-state index contributed by atoms with van der Waals surface area (Å²) in [6, 6.07) is 19.3. The number of rotatable bonds is 7. The van der Waals surface area contributed by atoms with Crippen molar-refractivity contribution >= 4 is 68.2 Å². The molecule has 0 spiro atoms. The Morgan fingerprint density at radius 2 is 1.68 bits per heavy atom. The Labute approximate surface area is 233 Å². The van der Waals surface area contributed by atoms with E-state index in [1.165, 1.54) is 23.1 Å². The molecule has 0 bridgehead atoms. The van der Waals surface area contributed by atoms with E-state index < -0.39 is 0 Å². The molecular weight excluding hydrogens is 540 g/mol. The average molecular weight is 565 g/mol. The molecule has 1 aliphatic heterocycles. The molecule has 3 aromatic carbocycles. The summed E-state index contributed by atoms with van der Waals surface area (Å²) in [5, 5.41) is 3.52. The summed E-state index contributed by atoms with van der Waals surface area (Å²) in [6.45, 7) is 2.90. The molecule has 2 heterocycles. The number of Topliss-reactive ketones (excluding diaryl/α,β-unsaturated/α-hetero) is 1. The van der Waals surface area contributed by atoms with Crippen LogP contribution in [-0.4, -0.2) is 71.4 Å². The molecule has 0 saturated carbocycles. The molecule has 0 radical (unpaired) electrons. The summed E-state index contributed by atoms with van der Waals surface area (Å²) in [4.78, 5) is 47.4. The third-order valence-electron chi connectivity index (χ3n) is 6.31. The van der Waals surface area contributed by atoms with Crippen LogP contribution in [0.25, 0.3) is 10.2 Å². The number of hydrogen-bond donors (Lipinski definition) is 1. The van der Waals surface area contributed by atoms with Crippen molar-refractivity contribution in [2.24, 2.45) is 0 Å². The maximum atomic E-state index is 13.2. The molecule has 0 aliphatic carbocycles. The molecule has 2 amide bonds. The van der Waals surface area contributed by atoms with Crippen molar-refractivity contribution in [3.8, 4) is 0 Å². The summed E-state index contributed by atoms with van der Waals surface area (Å²) < 4.78 is 1.67. The second-order valence-electron chi connectivity index (χ2n) is 8.98. The van der Waals surface area contributed by atoms with E-state index in [-0.39, 0.29) is 23.4 Å². The minimum Gasteiger partial charge on any atom is -0.336 e. The number of likely N-dealkylation sites (N-methyl/N-ethyl adjacent to an activating group) is 1. The van der Waals surface area contributed by atoms with Crippen molar-refractivity contribution in [3.05, 3.63) is 88.4 Å². The summed E-state index contributed by atoms with van der Waals surface area (Å²) in [7, 11) is 2.03. The van der Waals surface area contributed by atoms with Crippen LogP contribution in [0.3, 0.4) is 0 Å². The lowest BCUT2D eigenvalue weighted by molar-refractivity contribution is 0.0660. The minimum absolute atomic E-state index is 0.00339. The first-order chi connectivity index (χ1) is 18.4. The maximum absolute atomic E-state index is 13.2. The highest BCUT2D eigenvalue weighted by Crippen LogP contribution is 2.32. The number of piperazine rings is 1. The molecule has 7 nitrogen and oxygen atoms in total. The Balaban J connectivity index is 1.26. The lowest BCUT2D eigenvalue weighted by atomic mass is 10.0. The third kappa shape index (κ3) is 6.07. The van der Waals surface area contributed by atoms with E-state index in [0.717, 1.165) is 27.6 Å². The van der Waals surface area contributed by atoms with Crippen LogP contribution in [0, 0.1) is 0 Å². The van der Waals surface area contributed by atoms with E-state index in [2.05, 4.69) is 15.2 Å². The normalized spacial score (nSPS) is 14.0. The number of ketones is 1. The molecule has 0 unspecified atom stereocenters. The molecule has 1 aliphatic rings. The Kier molecular flexibility index (Phi) is 8.09. The zero-order valence-corrected chi connectivity index (χ0v) is 23.0. The fraction of sp³-hybridized carbons (Fsp3) is 0.214. The number of nitrogens with one attached hydrogen (secondary N) is 1. The van der Waals surface area contributed by atoms with Crippen LogP contribution in [0.4, 0.5) is 5.69 Å². The monoisotopic (exact) mass is 564 g/mol. The number of thiazole rings is 1. The smallest absolute Gasteiger partial charge is 0.256 e. The van der Waals surface area contributed by atoms with Crippen molar-refractivity contribution in [1.82, 2.24) is 14.8 Å². The van der Waals surface area contributed by atoms with Gasteiger partial charge in [0.15, 0.2) is 10.1 Å². The molecular formula is C28H25ClN4O3S2. The van der Waals surface area contributed by atoms with Gasteiger partial charge in [-0.1, -0.05) is 35.5 Å². The number of nitrogens with zero attached hydrogens (tertiary/aromatic N) is 3. The van der Waals surface area contributed by atoms with Gasteiger partial charge in [0.05, 0.1) is 27.1 Å². The first-order valence-corrected chi connectivity index (χ1v) is 14.3. The number of carbonyl (C=O) groups is 3. The Morgan fingerprint density at radius 3 is 2.42 bits per heavy atom. The van der Waals surface area contributed by atoms with Crippen molar-refractivity contribution < 1.29 is 14.4 Å². The van der Waals surface area contributed by atoms with Gasteiger partial charge in [-0.25, -0.2) is 4.98 Å². The van der Waals surface area contributed by atoms with E-state index in [1.54, 1.807) is 59.5 Å². The zero-order chi connectivity index (χ0) is 26.6. The standard InChI is InChI=1S/C28H25ClN4O3S2/c1-32-12-14-33(15-13-32)27(36)22-5-3-2-4-21(22)26(35)30-20-10-11-23-25(16-20)38-28(31-23)37-17-24(34)18-6-8-19(29)9-7-18/h2-11,16H,12-15,17H2,1H3,(H,30,35). The highest BCUT2D eigenvalue weighted by molar-refractivity contribution is 8.01. The molecule has 1 N–H and O–H groups in total. The van der Waals surface area contributed by atoms with Gasteiger partial charge in [0.2, 0.25) is 0 Å². The van der Waals surface area contributed by atoms with Crippen LogP contribution in [0.2, 0.25) is 5.02 Å². The number of anilines is 1. The Morgan fingerprint density at radius 1 is 0.974 bits per heavy atom. The van der Waals surface area contributed by atoms with Gasteiger partial charge in [-0.15, -0.1) is 11.3 Å². The third-order valence-corrected chi connectivity index (χ3v) is 8.73. The number of thioether (sulfide) groups is 1. The van der Waals surface area contributed by atoms with Crippen LogP contribution >= 0.6 is 34.7 Å². The molecule has 4 aromatic rings. The van der Waals surface area contributed by atoms with Crippen molar-refractivity contribution in [1.29, 1.82) is 0 Å². The van der Waals surface area contributed by atoms with Crippen LogP contribution in [-0.2, 0) is 0 Å². The van der Waals surface area contributed by atoms with E-state index in [0.29, 0.717) is 40.5 Å². The van der Waals surface area contributed by atoms with Crippen LogP contribution < -0.4 is 5.32 Å². The van der Waals surface area contributed by atoms with Crippen molar-refractivity contribution in [3.63, 3.8) is 0 Å². The van der Waals surface area contributed by atoms with Crippen molar-refractivity contribution in [2.45, 2.75) is 4.34 Å². The molecule has 1 aromatic heterocycles. The Hall–Kier alpha value is -3.24. The number of aromatic nitrogens is 1. The van der Waals surface area contributed by atoms with Crippen molar-refractivity contribution in [2.75, 3.05) is 44.3 Å². The topological polar surface area (TPSA) is 82.6 Å². The van der Waals surface area contributed by atoms with E-state index in [4.69, 9.17) is 11.6 Å². The van der Waals surface area contributed by atoms with E-state index >= 15 is 0 Å². The fourth-order valence-electron chi connectivity index (χ4n) is 4.14. The molecule has 10 heteroatoms. The number of benzene rings is 3. The first kappa shape index (κ1) is 26.4. The number of halogens is 1. The van der Waals surface area contributed by atoms with Gasteiger partial charge in [0, 0.05) is 42.5 Å². The maximum Gasteiger partial charge on any atom is 0.256 e. The van der Waals surface area contributed by atoms with Gasteiger partial charge in [-0.05, 0) is 61.6 Å². The van der Waals surface area contributed by atoms with Gasteiger partial charge >= 0.3 is 0 Å². The largest absolute Gasteiger partial charge is 0.336 e. The predicted molar refractivity (Wildman–Crippen MR) is 154 cm³/mol. The van der Waals surface area contributed by atoms with Gasteiger partial charge in [-0.2, -0.15) is 0 Å². The summed E-state index contributed by atoms with van der Waals surface area (Å²) in [6.07, 6.45) is 0.